The largest absolute Gasteiger partial charge is 0.353 e. The van der Waals surface area contributed by atoms with E-state index in [0.717, 1.165) is 17.6 Å². The number of aryl methyl sites for hydroxylation is 2. The van der Waals surface area contributed by atoms with Crippen LogP contribution in [0.1, 0.15) is 30.5 Å². The minimum Gasteiger partial charge on any atom is -0.353 e. The maximum absolute atomic E-state index is 8.76. The molecule has 1 fully saturated rings. The maximum Gasteiger partial charge on any atom is 0.131 e. The van der Waals surface area contributed by atoms with Crippen molar-refractivity contribution in [3.8, 4) is 6.07 Å². The average Bonchev–Trinajstić information content (AvgIpc) is 3.07. The van der Waals surface area contributed by atoms with Crippen molar-refractivity contribution >= 4 is 21.7 Å². The summed E-state index contributed by atoms with van der Waals surface area (Å²) in [5.41, 5.74) is 2.32. The van der Waals surface area contributed by atoms with Crippen LogP contribution >= 0.6 is 15.9 Å². The molecule has 1 saturated carbocycles. The summed E-state index contributed by atoms with van der Waals surface area (Å²) in [5.74, 6) is 1.18. The second kappa shape index (κ2) is 5.09. The lowest BCUT2D eigenvalue weighted by Crippen LogP contribution is -2.29. The third-order valence-corrected chi connectivity index (χ3v) is 3.73. The number of hydrogen-bond acceptors (Lipinski definition) is 3. The molecule has 0 aliphatic heterocycles. The van der Waals surface area contributed by atoms with E-state index in [1.807, 2.05) is 18.7 Å². The highest BCUT2D eigenvalue weighted by Gasteiger charge is 2.32. The number of hydrogen-bond donors (Lipinski definition) is 0. The number of rotatable bonds is 5. The number of alkyl halides is 1. The van der Waals surface area contributed by atoms with Crippen molar-refractivity contribution in [2.45, 2.75) is 37.6 Å². The lowest BCUT2D eigenvalue weighted by atomic mass is 10.2. The van der Waals surface area contributed by atoms with Crippen molar-refractivity contribution in [2.24, 2.45) is 7.05 Å². The van der Waals surface area contributed by atoms with Crippen LogP contribution in [0.2, 0.25) is 0 Å². The number of nitriles is 1. The lowest BCUT2D eigenvalue weighted by Gasteiger charge is -2.24. The fourth-order valence-electron chi connectivity index (χ4n) is 2.22. The summed E-state index contributed by atoms with van der Waals surface area (Å²) >= 11 is 3.53. The molecule has 0 aromatic carbocycles. The van der Waals surface area contributed by atoms with Gasteiger partial charge in [-0.05, 0) is 19.8 Å². The van der Waals surface area contributed by atoms with Gasteiger partial charge in [-0.1, -0.05) is 15.9 Å². The van der Waals surface area contributed by atoms with Gasteiger partial charge in [0.05, 0.1) is 18.2 Å². The topological polar surface area (TPSA) is 44.9 Å². The molecule has 0 spiro atoms. The van der Waals surface area contributed by atoms with E-state index in [0.29, 0.717) is 12.5 Å². The second-order valence-corrected chi connectivity index (χ2v) is 5.04. The van der Waals surface area contributed by atoms with Crippen LogP contribution in [0, 0.1) is 18.3 Å². The van der Waals surface area contributed by atoms with E-state index in [1.54, 1.807) is 0 Å². The van der Waals surface area contributed by atoms with E-state index < -0.39 is 0 Å². The van der Waals surface area contributed by atoms with E-state index in [1.165, 1.54) is 24.2 Å². The molecule has 1 aliphatic carbocycles. The molecule has 4 nitrogen and oxygen atoms in total. The fraction of sp³-hybridized carbons (Fsp3) is 0.667. The van der Waals surface area contributed by atoms with Gasteiger partial charge in [-0.25, -0.2) is 0 Å². The minimum absolute atomic E-state index is 0.572. The number of aromatic nitrogens is 2. The van der Waals surface area contributed by atoms with Gasteiger partial charge in [0.15, 0.2) is 0 Å². The SMILES string of the molecule is Cc1nn(C)c(N(CCC#N)C2CC2)c1CBr. The Morgan fingerprint density at radius 2 is 2.29 bits per heavy atom. The Morgan fingerprint density at radius 1 is 1.59 bits per heavy atom. The Balaban J connectivity index is 2.31. The molecule has 0 unspecified atom stereocenters. The summed E-state index contributed by atoms with van der Waals surface area (Å²) in [6, 6.07) is 2.84. The van der Waals surface area contributed by atoms with Crippen LogP contribution in [-0.4, -0.2) is 22.4 Å². The van der Waals surface area contributed by atoms with Gasteiger partial charge in [0.1, 0.15) is 5.82 Å². The first kappa shape index (κ1) is 12.4. The quantitative estimate of drug-likeness (QED) is 0.784. The van der Waals surface area contributed by atoms with Gasteiger partial charge in [-0.2, -0.15) is 10.4 Å². The fourth-order valence-corrected chi connectivity index (χ4v) is 2.88. The van der Waals surface area contributed by atoms with E-state index in [2.05, 4.69) is 32.0 Å². The van der Waals surface area contributed by atoms with Crippen LogP contribution in [0.4, 0.5) is 5.82 Å². The van der Waals surface area contributed by atoms with Gasteiger partial charge in [-0.3, -0.25) is 4.68 Å². The summed E-state index contributed by atoms with van der Waals surface area (Å²) < 4.78 is 1.95. The van der Waals surface area contributed by atoms with Gasteiger partial charge in [0.25, 0.3) is 0 Å². The normalized spacial score (nSPS) is 14.7. The highest BCUT2D eigenvalue weighted by Crippen LogP contribution is 2.35. The van der Waals surface area contributed by atoms with Crippen LogP contribution in [0.3, 0.4) is 0 Å². The van der Waals surface area contributed by atoms with E-state index in [4.69, 9.17) is 5.26 Å². The van der Waals surface area contributed by atoms with Crippen molar-refractivity contribution in [1.29, 1.82) is 5.26 Å². The van der Waals surface area contributed by atoms with Crippen LogP contribution in [-0.2, 0) is 12.4 Å². The van der Waals surface area contributed by atoms with E-state index in [9.17, 15) is 0 Å². The predicted molar refractivity (Wildman–Crippen MR) is 71.2 cm³/mol. The molecule has 0 radical (unpaired) electrons. The zero-order valence-electron chi connectivity index (χ0n) is 10.3. The van der Waals surface area contributed by atoms with Crippen LogP contribution in [0.15, 0.2) is 0 Å². The summed E-state index contributed by atoms with van der Waals surface area (Å²) in [7, 11) is 1.98. The number of nitrogens with zero attached hydrogens (tertiary/aromatic N) is 4. The molecule has 1 aliphatic rings. The molecule has 1 aromatic heterocycles. The first-order valence-corrected chi connectivity index (χ1v) is 7.03. The highest BCUT2D eigenvalue weighted by molar-refractivity contribution is 9.08. The van der Waals surface area contributed by atoms with E-state index >= 15 is 0 Å². The van der Waals surface area contributed by atoms with Gasteiger partial charge >= 0.3 is 0 Å². The first-order chi connectivity index (χ1) is 8.19. The third-order valence-electron chi connectivity index (χ3n) is 3.17. The van der Waals surface area contributed by atoms with Crippen molar-refractivity contribution in [3.63, 3.8) is 0 Å². The monoisotopic (exact) mass is 296 g/mol. The predicted octanol–water partition coefficient (Wildman–Crippen LogP) is 2.51. The molecule has 5 heteroatoms. The second-order valence-electron chi connectivity index (χ2n) is 4.48. The molecular formula is C12H17BrN4. The molecule has 0 amide bonds. The summed E-state index contributed by atoms with van der Waals surface area (Å²) in [6.07, 6.45) is 3.04. The highest BCUT2D eigenvalue weighted by atomic mass is 79.9. The van der Waals surface area contributed by atoms with Crippen molar-refractivity contribution < 1.29 is 0 Å². The molecule has 0 saturated heterocycles. The maximum atomic E-state index is 8.76. The standard InChI is InChI=1S/C12H17BrN4/c1-9-11(8-13)12(16(2)15-9)17(7-3-6-14)10-4-5-10/h10H,3-5,7-8H2,1-2H3. The average molecular weight is 297 g/mol. The Labute approximate surface area is 110 Å². The molecule has 2 rings (SSSR count). The molecule has 0 N–H and O–H groups in total. The molecule has 1 heterocycles. The molecule has 0 bridgehead atoms. The minimum atomic E-state index is 0.572. The van der Waals surface area contributed by atoms with Crippen molar-refractivity contribution in [2.75, 3.05) is 11.4 Å². The Bertz CT molecular complexity index is 442. The van der Waals surface area contributed by atoms with Gasteiger partial charge in [-0.15, -0.1) is 0 Å². The van der Waals surface area contributed by atoms with Crippen LogP contribution in [0.25, 0.3) is 0 Å². The first-order valence-electron chi connectivity index (χ1n) is 5.91. The molecule has 92 valence electrons. The van der Waals surface area contributed by atoms with E-state index in [-0.39, 0.29) is 0 Å². The van der Waals surface area contributed by atoms with Crippen molar-refractivity contribution in [1.82, 2.24) is 9.78 Å². The van der Waals surface area contributed by atoms with Gasteiger partial charge in [0, 0.05) is 30.5 Å². The van der Waals surface area contributed by atoms with Crippen LogP contribution in [0.5, 0.6) is 0 Å². The van der Waals surface area contributed by atoms with Gasteiger partial charge < -0.3 is 4.90 Å². The van der Waals surface area contributed by atoms with Crippen LogP contribution < -0.4 is 4.90 Å². The summed E-state index contributed by atoms with van der Waals surface area (Å²) in [5, 5.41) is 14.1. The summed E-state index contributed by atoms with van der Waals surface area (Å²) in [4.78, 5) is 2.35. The summed E-state index contributed by atoms with van der Waals surface area (Å²) in [6.45, 7) is 2.84. The third kappa shape index (κ3) is 2.47. The Hall–Kier alpha value is -1.02. The lowest BCUT2D eigenvalue weighted by molar-refractivity contribution is 0.692. The number of halogens is 1. The Kier molecular flexibility index (Phi) is 3.72. The molecule has 17 heavy (non-hydrogen) atoms. The smallest absolute Gasteiger partial charge is 0.131 e. The number of anilines is 1. The van der Waals surface area contributed by atoms with Gasteiger partial charge in [0.2, 0.25) is 0 Å². The zero-order valence-corrected chi connectivity index (χ0v) is 11.9. The molecular weight excluding hydrogens is 280 g/mol. The molecule has 0 atom stereocenters. The van der Waals surface area contributed by atoms with Crippen molar-refractivity contribution in [3.05, 3.63) is 11.3 Å². The zero-order chi connectivity index (χ0) is 12.4. The molecule has 1 aromatic rings. The Morgan fingerprint density at radius 3 is 2.82 bits per heavy atom.